The summed E-state index contributed by atoms with van der Waals surface area (Å²) in [6.07, 6.45) is 3.62. The average Bonchev–Trinajstić information content (AvgIpc) is 3.51. The molecule has 0 radical (unpaired) electrons. The summed E-state index contributed by atoms with van der Waals surface area (Å²) >= 11 is 0. The van der Waals surface area contributed by atoms with Gasteiger partial charge < -0.3 is 9.32 Å². The van der Waals surface area contributed by atoms with Crippen LogP contribution in [-0.4, -0.2) is 4.98 Å². The summed E-state index contributed by atoms with van der Waals surface area (Å²) in [5.74, 6) is 0. The Kier molecular flexibility index (Phi) is 6.14. The van der Waals surface area contributed by atoms with Gasteiger partial charge in [0.05, 0.1) is 17.3 Å². The molecule has 0 aliphatic carbocycles. The highest BCUT2D eigenvalue weighted by molar-refractivity contribution is 6.13. The molecule has 9 rings (SSSR count). The number of nitrogens with zero attached hydrogens (tertiary/aromatic N) is 2. The van der Waals surface area contributed by atoms with Crippen molar-refractivity contribution < 1.29 is 4.42 Å². The highest BCUT2D eigenvalue weighted by Gasteiger charge is 2.19. The molecule has 0 atom stereocenters. The topological polar surface area (TPSA) is 29.3 Å². The third-order valence-electron chi connectivity index (χ3n) is 8.94. The van der Waals surface area contributed by atoms with Gasteiger partial charge in [0.1, 0.15) is 5.58 Å². The van der Waals surface area contributed by atoms with Crippen LogP contribution in [0.2, 0.25) is 0 Å². The minimum atomic E-state index is 0.781. The predicted molar refractivity (Wildman–Crippen MR) is 192 cm³/mol. The van der Waals surface area contributed by atoms with Crippen molar-refractivity contribution >= 4 is 60.5 Å². The number of pyridine rings is 1. The van der Waals surface area contributed by atoms with Crippen LogP contribution in [-0.2, 0) is 0 Å². The van der Waals surface area contributed by atoms with E-state index in [1.165, 1.54) is 43.8 Å². The van der Waals surface area contributed by atoms with Crippen molar-refractivity contribution in [2.24, 2.45) is 0 Å². The molecule has 0 fully saturated rings. The lowest BCUT2D eigenvalue weighted by atomic mass is 10.00. The van der Waals surface area contributed by atoms with Gasteiger partial charge in [-0.05, 0) is 98.4 Å². The van der Waals surface area contributed by atoms with Crippen LogP contribution in [0.5, 0.6) is 0 Å². The Morgan fingerprint density at radius 3 is 1.57 bits per heavy atom. The largest absolute Gasteiger partial charge is 0.454 e. The Balaban J connectivity index is 1.17. The Bertz CT molecular complexity index is 2410. The maximum absolute atomic E-state index is 6.25. The van der Waals surface area contributed by atoms with Crippen LogP contribution in [0.15, 0.2) is 175 Å². The van der Waals surface area contributed by atoms with E-state index in [0.29, 0.717) is 0 Å². The zero-order valence-corrected chi connectivity index (χ0v) is 25.0. The van der Waals surface area contributed by atoms with E-state index in [-0.39, 0.29) is 0 Å². The Morgan fingerprint density at radius 1 is 0.435 bits per heavy atom. The van der Waals surface area contributed by atoms with Gasteiger partial charge in [-0.25, -0.2) is 0 Å². The van der Waals surface area contributed by atoms with Crippen LogP contribution in [0.1, 0.15) is 0 Å². The van der Waals surface area contributed by atoms with Crippen LogP contribution in [0.3, 0.4) is 0 Å². The third-order valence-corrected chi connectivity index (χ3v) is 8.94. The van der Waals surface area contributed by atoms with Crippen LogP contribution in [0.25, 0.3) is 65.7 Å². The lowest BCUT2D eigenvalue weighted by Gasteiger charge is -2.26. The van der Waals surface area contributed by atoms with Crippen molar-refractivity contribution in [2.75, 3.05) is 4.90 Å². The number of hydrogen-bond acceptors (Lipinski definition) is 3. The van der Waals surface area contributed by atoms with Gasteiger partial charge in [0.15, 0.2) is 5.58 Å². The molecule has 3 nitrogen and oxygen atoms in total. The molecular formula is C43H28N2O. The zero-order chi connectivity index (χ0) is 30.5. The van der Waals surface area contributed by atoms with Crippen molar-refractivity contribution in [1.29, 1.82) is 0 Å². The summed E-state index contributed by atoms with van der Waals surface area (Å²) in [7, 11) is 0. The molecule has 9 aromatic rings. The highest BCUT2D eigenvalue weighted by atomic mass is 16.3. The SMILES string of the molecule is c1ccc2cc(-c3ccc(N(c4ccc(-c5ccc6ccccc6c5)cc4)c4cccc5oc6cnccc6c45)cc3)ccc2c1. The molecule has 0 unspecified atom stereocenters. The predicted octanol–water partition coefficient (Wildman–Crippen LogP) is 12.1. The van der Waals surface area contributed by atoms with E-state index in [9.17, 15) is 0 Å². The molecule has 0 spiro atoms. The summed E-state index contributed by atoms with van der Waals surface area (Å²) in [6, 6.07) is 56.3. The van der Waals surface area contributed by atoms with Crippen molar-refractivity contribution in [2.45, 2.75) is 0 Å². The number of anilines is 3. The molecule has 0 bridgehead atoms. The van der Waals surface area contributed by atoms with Gasteiger partial charge >= 0.3 is 0 Å². The molecule has 0 N–H and O–H groups in total. The van der Waals surface area contributed by atoms with E-state index in [4.69, 9.17) is 4.42 Å². The van der Waals surface area contributed by atoms with E-state index in [0.717, 1.165) is 39.0 Å². The first-order chi connectivity index (χ1) is 22.8. The standard InChI is InChI=1S/C43H28N2O/c1-3-8-33-26-35(14-12-29(33)6-1)31-16-20-37(21-17-31)45(40-10-5-11-41-43(40)39-24-25-44-28-42(39)46-41)38-22-18-32(19-23-38)36-15-13-30-7-2-4-9-34(30)27-36/h1-28H. The highest BCUT2D eigenvalue weighted by Crippen LogP contribution is 2.43. The minimum absolute atomic E-state index is 0.781. The molecule has 2 heterocycles. The molecule has 0 aliphatic rings. The van der Waals surface area contributed by atoms with E-state index in [2.05, 4.69) is 155 Å². The number of hydrogen-bond donors (Lipinski definition) is 0. The summed E-state index contributed by atoms with van der Waals surface area (Å²) in [6.45, 7) is 0. The maximum atomic E-state index is 6.25. The number of rotatable bonds is 5. The van der Waals surface area contributed by atoms with Crippen molar-refractivity contribution in [3.8, 4) is 22.3 Å². The lowest BCUT2D eigenvalue weighted by Crippen LogP contribution is -2.10. The fraction of sp³-hybridized carbons (Fsp3) is 0. The van der Waals surface area contributed by atoms with Gasteiger partial charge in [-0.1, -0.05) is 103 Å². The van der Waals surface area contributed by atoms with E-state index < -0.39 is 0 Å². The minimum Gasteiger partial charge on any atom is -0.454 e. The van der Waals surface area contributed by atoms with E-state index >= 15 is 0 Å². The number of benzene rings is 7. The number of aromatic nitrogens is 1. The normalized spacial score (nSPS) is 11.5. The lowest BCUT2D eigenvalue weighted by molar-refractivity contribution is 0.667. The Hall–Kier alpha value is -6.19. The third kappa shape index (κ3) is 4.49. The second kappa shape index (κ2) is 10.8. The van der Waals surface area contributed by atoms with Gasteiger partial charge in [-0.3, -0.25) is 4.98 Å². The zero-order valence-electron chi connectivity index (χ0n) is 25.0. The van der Waals surface area contributed by atoms with Gasteiger partial charge in [-0.15, -0.1) is 0 Å². The van der Waals surface area contributed by atoms with Crippen LogP contribution in [0, 0.1) is 0 Å². The second-order valence-corrected chi connectivity index (χ2v) is 11.7. The van der Waals surface area contributed by atoms with Crippen molar-refractivity contribution in [1.82, 2.24) is 4.98 Å². The molecule has 0 amide bonds. The molecular weight excluding hydrogens is 560 g/mol. The van der Waals surface area contributed by atoms with Gasteiger partial charge in [0, 0.05) is 23.0 Å². The Labute approximate surface area is 266 Å². The first-order valence-corrected chi connectivity index (χ1v) is 15.5. The van der Waals surface area contributed by atoms with Crippen LogP contribution >= 0.6 is 0 Å². The molecule has 0 aliphatic heterocycles. The summed E-state index contributed by atoms with van der Waals surface area (Å²) in [4.78, 5) is 6.63. The molecule has 0 saturated heterocycles. The second-order valence-electron chi connectivity index (χ2n) is 11.7. The summed E-state index contributed by atoms with van der Waals surface area (Å²) in [5.41, 5.74) is 9.57. The molecule has 7 aromatic carbocycles. The van der Waals surface area contributed by atoms with Gasteiger partial charge in [-0.2, -0.15) is 0 Å². The maximum Gasteiger partial charge on any atom is 0.153 e. The van der Waals surface area contributed by atoms with E-state index in [1.807, 2.05) is 18.3 Å². The molecule has 46 heavy (non-hydrogen) atoms. The summed E-state index contributed by atoms with van der Waals surface area (Å²) < 4.78 is 6.25. The molecule has 0 saturated carbocycles. The van der Waals surface area contributed by atoms with Gasteiger partial charge in [0.2, 0.25) is 0 Å². The van der Waals surface area contributed by atoms with E-state index in [1.54, 1.807) is 6.20 Å². The van der Waals surface area contributed by atoms with Crippen molar-refractivity contribution in [3.05, 3.63) is 170 Å². The van der Waals surface area contributed by atoms with Gasteiger partial charge in [0.25, 0.3) is 0 Å². The molecule has 3 heteroatoms. The first kappa shape index (κ1) is 26.2. The molecule has 216 valence electrons. The fourth-order valence-electron chi connectivity index (χ4n) is 6.62. The Morgan fingerprint density at radius 2 is 0.978 bits per heavy atom. The fourth-order valence-corrected chi connectivity index (χ4v) is 6.62. The first-order valence-electron chi connectivity index (χ1n) is 15.5. The van der Waals surface area contributed by atoms with Crippen LogP contribution in [0.4, 0.5) is 17.1 Å². The van der Waals surface area contributed by atoms with Crippen molar-refractivity contribution in [3.63, 3.8) is 0 Å². The molecule has 2 aromatic heterocycles. The number of fused-ring (bicyclic) bond motifs is 5. The quantitative estimate of drug-likeness (QED) is 0.200. The summed E-state index contributed by atoms with van der Waals surface area (Å²) in [5, 5.41) is 7.09. The van der Waals surface area contributed by atoms with Crippen LogP contribution < -0.4 is 4.90 Å². The average molecular weight is 589 g/mol. The monoisotopic (exact) mass is 588 g/mol. The smallest absolute Gasteiger partial charge is 0.153 e. The number of furan rings is 1.